The van der Waals surface area contributed by atoms with E-state index in [1.807, 2.05) is 0 Å². The van der Waals surface area contributed by atoms with E-state index in [9.17, 15) is 18.0 Å². The van der Waals surface area contributed by atoms with Gasteiger partial charge in [0.25, 0.3) is 0 Å². The molecule has 2 saturated heterocycles. The van der Waals surface area contributed by atoms with Gasteiger partial charge in [-0.1, -0.05) is 18.2 Å². The predicted molar refractivity (Wildman–Crippen MR) is 97.7 cm³/mol. The standard InChI is InChI=1S/C21H21F3N2O/c22-17-10-13(11-18(23)21(17)24)16-3-1-2-4-19(16)26-20(27)9-12-7-14-5-6-15(8-12)25-14/h1-4,10-12,14-15,25H,5-9H2,(H,26,27). The molecule has 2 N–H and O–H groups in total. The highest BCUT2D eigenvalue weighted by Crippen LogP contribution is 2.34. The minimum Gasteiger partial charge on any atom is -0.326 e. The fraction of sp³-hybridized carbons (Fsp3) is 0.381. The summed E-state index contributed by atoms with van der Waals surface area (Å²) in [6.07, 6.45) is 4.77. The predicted octanol–water partition coefficient (Wildman–Crippen LogP) is 4.63. The molecular weight excluding hydrogens is 353 g/mol. The van der Waals surface area contributed by atoms with Gasteiger partial charge in [0.15, 0.2) is 17.5 Å². The maximum Gasteiger partial charge on any atom is 0.224 e. The van der Waals surface area contributed by atoms with Crippen molar-refractivity contribution >= 4 is 11.6 Å². The minimum absolute atomic E-state index is 0.114. The molecule has 6 heteroatoms. The van der Waals surface area contributed by atoms with E-state index in [1.54, 1.807) is 24.3 Å². The molecule has 0 spiro atoms. The van der Waals surface area contributed by atoms with Crippen molar-refractivity contribution < 1.29 is 18.0 Å². The average molecular weight is 374 g/mol. The van der Waals surface area contributed by atoms with Gasteiger partial charge in [0.05, 0.1) is 0 Å². The lowest BCUT2D eigenvalue weighted by molar-refractivity contribution is -0.117. The van der Waals surface area contributed by atoms with E-state index in [4.69, 9.17) is 0 Å². The molecule has 2 unspecified atom stereocenters. The van der Waals surface area contributed by atoms with Gasteiger partial charge in [0.1, 0.15) is 0 Å². The molecule has 2 fully saturated rings. The monoisotopic (exact) mass is 374 g/mol. The van der Waals surface area contributed by atoms with Crippen LogP contribution >= 0.6 is 0 Å². The lowest BCUT2D eigenvalue weighted by Crippen LogP contribution is -2.39. The van der Waals surface area contributed by atoms with Gasteiger partial charge < -0.3 is 10.6 Å². The molecule has 2 bridgehead atoms. The summed E-state index contributed by atoms with van der Waals surface area (Å²) < 4.78 is 40.4. The van der Waals surface area contributed by atoms with Crippen LogP contribution in [0.2, 0.25) is 0 Å². The number of piperidine rings is 1. The van der Waals surface area contributed by atoms with Crippen molar-refractivity contribution in [1.82, 2.24) is 5.32 Å². The van der Waals surface area contributed by atoms with E-state index in [2.05, 4.69) is 10.6 Å². The molecule has 2 aliphatic rings. The van der Waals surface area contributed by atoms with Gasteiger partial charge in [0, 0.05) is 29.8 Å². The van der Waals surface area contributed by atoms with Crippen LogP contribution in [0.3, 0.4) is 0 Å². The number of carbonyl (C=O) groups is 1. The number of halogens is 3. The Labute approximate surface area is 156 Å². The lowest BCUT2D eigenvalue weighted by Gasteiger charge is -2.28. The molecule has 0 radical (unpaired) electrons. The number of carbonyl (C=O) groups excluding carboxylic acids is 1. The number of hydrogen-bond acceptors (Lipinski definition) is 2. The van der Waals surface area contributed by atoms with Crippen LogP contribution in [0.5, 0.6) is 0 Å². The van der Waals surface area contributed by atoms with Gasteiger partial charge in [-0.3, -0.25) is 4.79 Å². The highest BCUT2D eigenvalue weighted by Gasteiger charge is 2.34. The highest BCUT2D eigenvalue weighted by atomic mass is 19.2. The summed E-state index contributed by atoms with van der Waals surface area (Å²) in [6.45, 7) is 0. The van der Waals surface area contributed by atoms with Gasteiger partial charge in [-0.15, -0.1) is 0 Å². The second-order valence-corrected chi connectivity index (χ2v) is 7.53. The normalized spacial score (nSPS) is 24.0. The van der Waals surface area contributed by atoms with E-state index in [0.29, 0.717) is 35.7 Å². The Morgan fingerprint density at radius 1 is 1.04 bits per heavy atom. The van der Waals surface area contributed by atoms with Crippen LogP contribution in [0.15, 0.2) is 36.4 Å². The molecule has 0 saturated carbocycles. The van der Waals surface area contributed by atoms with Crippen LogP contribution in [0.25, 0.3) is 11.1 Å². The zero-order valence-electron chi connectivity index (χ0n) is 14.8. The number of nitrogens with one attached hydrogen (secondary N) is 2. The molecule has 3 nitrogen and oxygen atoms in total. The fourth-order valence-corrected chi connectivity index (χ4v) is 4.36. The van der Waals surface area contributed by atoms with Crippen molar-refractivity contribution in [3.8, 4) is 11.1 Å². The van der Waals surface area contributed by atoms with E-state index >= 15 is 0 Å². The Kier molecular flexibility index (Phi) is 4.91. The third kappa shape index (κ3) is 3.86. The van der Waals surface area contributed by atoms with Crippen LogP contribution in [0.4, 0.5) is 18.9 Å². The molecule has 2 heterocycles. The van der Waals surface area contributed by atoms with Crippen molar-refractivity contribution in [2.75, 3.05) is 5.32 Å². The van der Waals surface area contributed by atoms with Crippen molar-refractivity contribution in [2.24, 2.45) is 5.92 Å². The summed E-state index contributed by atoms with van der Waals surface area (Å²) in [4.78, 5) is 12.5. The molecule has 2 aromatic rings. The molecule has 1 amide bonds. The first kappa shape index (κ1) is 18.0. The first-order valence-electron chi connectivity index (χ1n) is 9.29. The number of anilines is 1. The first-order chi connectivity index (χ1) is 13.0. The van der Waals surface area contributed by atoms with Crippen molar-refractivity contribution in [3.63, 3.8) is 0 Å². The summed E-state index contributed by atoms with van der Waals surface area (Å²) >= 11 is 0. The Bertz CT molecular complexity index is 835. The molecule has 2 aliphatic heterocycles. The van der Waals surface area contributed by atoms with Crippen LogP contribution in [-0.2, 0) is 4.79 Å². The Balaban J connectivity index is 1.50. The number of hydrogen-bond donors (Lipinski definition) is 2. The van der Waals surface area contributed by atoms with E-state index < -0.39 is 17.5 Å². The van der Waals surface area contributed by atoms with E-state index in [-0.39, 0.29) is 11.5 Å². The number of amides is 1. The first-order valence-corrected chi connectivity index (χ1v) is 9.29. The Hall–Kier alpha value is -2.34. The molecular formula is C21H21F3N2O. The van der Waals surface area contributed by atoms with Gasteiger partial charge in [-0.2, -0.15) is 0 Å². The summed E-state index contributed by atoms with van der Waals surface area (Å²) in [5.41, 5.74) is 1.10. The number of benzene rings is 2. The quantitative estimate of drug-likeness (QED) is 0.766. The molecule has 27 heavy (non-hydrogen) atoms. The average Bonchev–Trinajstić information content (AvgIpc) is 2.98. The minimum atomic E-state index is -1.50. The smallest absolute Gasteiger partial charge is 0.224 e. The number of fused-ring (bicyclic) bond motifs is 2. The third-order valence-electron chi connectivity index (χ3n) is 5.54. The Morgan fingerprint density at radius 3 is 2.33 bits per heavy atom. The zero-order valence-corrected chi connectivity index (χ0v) is 14.8. The summed E-state index contributed by atoms with van der Waals surface area (Å²) in [7, 11) is 0. The van der Waals surface area contributed by atoms with Gasteiger partial charge in [0.2, 0.25) is 5.91 Å². The fourth-order valence-electron chi connectivity index (χ4n) is 4.36. The lowest BCUT2D eigenvalue weighted by atomic mass is 9.89. The SMILES string of the molecule is O=C(CC1CC2CCC(C1)N2)Nc1ccccc1-c1cc(F)c(F)c(F)c1. The maximum absolute atomic E-state index is 13.6. The summed E-state index contributed by atoms with van der Waals surface area (Å²) in [6, 6.07) is 9.67. The van der Waals surface area contributed by atoms with Crippen LogP contribution < -0.4 is 10.6 Å². The zero-order chi connectivity index (χ0) is 19.0. The third-order valence-corrected chi connectivity index (χ3v) is 5.54. The van der Waals surface area contributed by atoms with E-state index in [1.165, 1.54) is 12.8 Å². The molecule has 0 aromatic heterocycles. The van der Waals surface area contributed by atoms with Gasteiger partial charge in [-0.25, -0.2) is 13.2 Å². The summed E-state index contributed by atoms with van der Waals surface area (Å²) in [5.74, 6) is -3.78. The van der Waals surface area contributed by atoms with Crippen molar-refractivity contribution in [1.29, 1.82) is 0 Å². The summed E-state index contributed by atoms with van der Waals surface area (Å²) in [5, 5.41) is 6.42. The molecule has 2 aromatic carbocycles. The Morgan fingerprint density at radius 2 is 1.67 bits per heavy atom. The second kappa shape index (κ2) is 7.35. The van der Waals surface area contributed by atoms with E-state index in [0.717, 1.165) is 25.0 Å². The van der Waals surface area contributed by atoms with Crippen LogP contribution in [0, 0.1) is 23.4 Å². The largest absolute Gasteiger partial charge is 0.326 e. The molecule has 2 atom stereocenters. The number of para-hydroxylation sites is 1. The maximum atomic E-state index is 13.6. The van der Waals surface area contributed by atoms with Crippen LogP contribution in [-0.4, -0.2) is 18.0 Å². The molecule has 4 rings (SSSR count). The number of rotatable bonds is 4. The highest BCUT2D eigenvalue weighted by molar-refractivity contribution is 5.95. The van der Waals surface area contributed by atoms with Gasteiger partial charge >= 0.3 is 0 Å². The van der Waals surface area contributed by atoms with Crippen LogP contribution in [0.1, 0.15) is 32.1 Å². The molecule has 0 aliphatic carbocycles. The van der Waals surface area contributed by atoms with Gasteiger partial charge in [-0.05, 0) is 55.4 Å². The van der Waals surface area contributed by atoms with Crippen molar-refractivity contribution in [3.05, 3.63) is 53.8 Å². The van der Waals surface area contributed by atoms with Crippen molar-refractivity contribution in [2.45, 2.75) is 44.2 Å². The second-order valence-electron chi connectivity index (χ2n) is 7.53. The topological polar surface area (TPSA) is 41.1 Å². The molecule has 142 valence electrons.